The van der Waals surface area contributed by atoms with Crippen LogP contribution in [0.1, 0.15) is 88.5 Å². The smallest absolute Gasteiger partial charge is 0.312 e. The van der Waals surface area contributed by atoms with Crippen LogP contribution in [0.15, 0.2) is 71.6 Å². The number of methoxy groups -OCH3 is 1. The number of anilines is 1. The Labute approximate surface area is 373 Å². The molecular weight excluding hydrogens is 827 g/mol. The Morgan fingerprint density at radius 1 is 0.953 bits per heavy atom. The number of amides is 1. The molecule has 346 valence electrons. The van der Waals surface area contributed by atoms with E-state index in [1.54, 1.807) is 78.1 Å². The van der Waals surface area contributed by atoms with Crippen LogP contribution >= 0.6 is 0 Å². The molecule has 0 radical (unpaired) electrons. The lowest BCUT2D eigenvalue weighted by Crippen LogP contribution is -2.46. The van der Waals surface area contributed by atoms with E-state index in [1.165, 1.54) is 58.2 Å². The number of esters is 1. The summed E-state index contributed by atoms with van der Waals surface area (Å²) in [4.78, 5) is 40.8. The first-order valence-electron chi connectivity index (χ1n) is 21.2. The van der Waals surface area contributed by atoms with Gasteiger partial charge >= 0.3 is 11.8 Å². The second kappa shape index (κ2) is 19.8. The van der Waals surface area contributed by atoms with Crippen LogP contribution in [-0.4, -0.2) is 110 Å². The Morgan fingerprint density at radius 2 is 1.61 bits per heavy atom. The van der Waals surface area contributed by atoms with E-state index in [1.807, 2.05) is 6.07 Å². The van der Waals surface area contributed by atoms with Crippen LogP contribution in [0.4, 0.5) is 5.69 Å². The lowest BCUT2D eigenvalue weighted by Gasteiger charge is -2.38. The number of carbonyl (C=O) groups is 3. The van der Waals surface area contributed by atoms with Crippen LogP contribution in [-0.2, 0) is 23.8 Å². The van der Waals surface area contributed by atoms with E-state index in [9.17, 15) is 45.0 Å². The Hall–Kier alpha value is -5.94. The van der Waals surface area contributed by atoms with Gasteiger partial charge in [0.1, 0.15) is 29.5 Å². The highest BCUT2D eigenvalue weighted by Gasteiger charge is 2.50. The van der Waals surface area contributed by atoms with Gasteiger partial charge in [-0.1, -0.05) is 76.3 Å². The van der Waals surface area contributed by atoms with Gasteiger partial charge < -0.3 is 54.9 Å². The van der Waals surface area contributed by atoms with Gasteiger partial charge in [0.05, 0.1) is 59.0 Å². The maximum Gasteiger partial charge on any atom is 0.312 e. The molecule has 0 saturated carbocycles. The van der Waals surface area contributed by atoms with Crippen molar-refractivity contribution < 1.29 is 64.0 Å². The van der Waals surface area contributed by atoms with Gasteiger partial charge in [-0.15, -0.1) is 0 Å². The molecule has 6 rings (SSSR count). The van der Waals surface area contributed by atoms with Crippen LogP contribution in [0, 0.1) is 30.6 Å². The van der Waals surface area contributed by atoms with E-state index in [2.05, 4.69) is 10.4 Å². The molecule has 3 aromatic carbocycles. The Bertz CT molecular complexity index is 2360. The van der Waals surface area contributed by atoms with Crippen molar-refractivity contribution in [2.45, 2.75) is 105 Å². The van der Waals surface area contributed by atoms with Gasteiger partial charge in [0, 0.05) is 68.2 Å². The predicted octanol–water partition coefficient (Wildman–Crippen LogP) is 6.14. The number of aromatic hydroxyl groups is 3. The molecule has 0 spiro atoms. The van der Waals surface area contributed by atoms with Crippen molar-refractivity contribution in [1.29, 1.82) is 0 Å². The predicted molar refractivity (Wildman–Crippen MR) is 240 cm³/mol. The summed E-state index contributed by atoms with van der Waals surface area (Å²) in [5.74, 6) is -8.88. The highest BCUT2D eigenvalue weighted by Crippen LogP contribution is 2.55. The zero-order valence-electron chi connectivity index (χ0n) is 38.1. The van der Waals surface area contributed by atoms with Gasteiger partial charge in [-0.2, -0.15) is 5.10 Å². The standard InChI is InChI=1S/C48H61N3O13/c1-23-16-15-17-24(2)47(60)50-37-32(22-49-51(10)29(7)41(56)31-18-13-12-14-19-31)42(57)34-35(43(37)58)40(55)28(6)45-36(34)46(59)48(9,64-45)62-21-20-33(61-11)25(3)44(63-30(8)52)27(5)39(54)26(4)38(23)53/h12-23,25-27,29,33,38-39,41,44,53-58H,1-11H3,(H,50,60)/b16-15+,21-20+,24-17+,49-22-. The third kappa shape index (κ3) is 9.60. The summed E-state index contributed by atoms with van der Waals surface area (Å²) in [5, 5.41) is 77.8. The number of carbonyl (C=O) groups excluding carboxylic acids is 3. The van der Waals surface area contributed by atoms with Crippen molar-refractivity contribution in [3.05, 3.63) is 88.7 Å². The number of nitrogens with zero attached hydrogens (tertiary/aromatic N) is 2. The van der Waals surface area contributed by atoms with Crippen molar-refractivity contribution in [3.8, 4) is 23.0 Å². The SMILES string of the molecule is COC1/C=C/OC2(C)Oc3c(C)c(O)c4c(O)c(c(/C=N\N(C)C(C)C(O)c5ccccc5)c(O)c4c3C2=O)NC(=O)/C(C)=C/C=C/C(C)C(O)C(C)C(O)C(C)C(OC(C)=O)C1C. The molecule has 7 N–H and O–H groups in total. The molecule has 5 bridgehead atoms. The summed E-state index contributed by atoms with van der Waals surface area (Å²) in [7, 11) is 3.00. The number of likely N-dealkylation sites (N-methyl/N-ethyl adjacent to an activating group) is 1. The topological polar surface area (TPSA) is 237 Å². The van der Waals surface area contributed by atoms with E-state index >= 15 is 0 Å². The quantitative estimate of drug-likeness (QED) is 0.0464. The molecule has 11 atom stereocenters. The number of nitrogens with one attached hydrogen (secondary N) is 1. The maximum absolute atomic E-state index is 14.5. The van der Waals surface area contributed by atoms with Gasteiger partial charge in [-0.3, -0.25) is 19.4 Å². The van der Waals surface area contributed by atoms with Gasteiger partial charge in [0.25, 0.3) is 11.7 Å². The minimum Gasteiger partial charge on any atom is -0.507 e. The number of hydrazone groups is 1. The molecule has 3 heterocycles. The molecular formula is C48H61N3O13. The zero-order valence-corrected chi connectivity index (χ0v) is 38.1. The van der Waals surface area contributed by atoms with Crippen molar-refractivity contribution in [2.24, 2.45) is 28.8 Å². The number of rotatable bonds is 7. The molecule has 11 unspecified atom stereocenters. The molecule has 0 aliphatic carbocycles. The van der Waals surface area contributed by atoms with Crippen molar-refractivity contribution in [1.82, 2.24) is 5.01 Å². The molecule has 16 nitrogen and oxygen atoms in total. The number of hydrogen-bond acceptors (Lipinski definition) is 15. The van der Waals surface area contributed by atoms with Crippen molar-refractivity contribution in [2.75, 3.05) is 19.5 Å². The largest absolute Gasteiger partial charge is 0.507 e. The monoisotopic (exact) mass is 887 g/mol. The number of ketones is 1. The number of fused-ring (bicyclic) bond motifs is 14. The van der Waals surface area contributed by atoms with Gasteiger partial charge in [0.15, 0.2) is 5.75 Å². The summed E-state index contributed by atoms with van der Waals surface area (Å²) >= 11 is 0. The minimum absolute atomic E-state index is 0.0152. The fraction of sp³-hybridized carbons (Fsp3) is 0.458. The second-order valence-electron chi connectivity index (χ2n) is 17.0. The second-order valence-corrected chi connectivity index (χ2v) is 17.0. The Balaban J connectivity index is 1.71. The Morgan fingerprint density at radius 3 is 2.23 bits per heavy atom. The molecule has 64 heavy (non-hydrogen) atoms. The summed E-state index contributed by atoms with van der Waals surface area (Å²) in [6.07, 6.45) is 3.51. The van der Waals surface area contributed by atoms with Crippen LogP contribution in [0.3, 0.4) is 0 Å². The average Bonchev–Trinajstić information content (AvgIpc) is 3.53. The highest BCUT2D eigenvalue weighted by molar-refractivity contribution is 6.23. The van der Waals surface area contributed by atoms with Crippen molar-refractivity contribution >= 4 is 40.3 Å². The fourth-order valence-corrected chi connectivity index (χ4v) is 8.26. The molecule has 3 aliphatic heterocycles. The summed E-state index contributed by atoms with van der Waals surface area (Å²) in [6.45, 7) is 14.1. The lowest BCUT2D eigenvalue weighted by molar-refractivity contribution is -0.160. The number of benzene rings is 3. The third-order valence-corrected chi connectivity index (χ3v) is 12.6. The maximum atomic E-state index is 14.5. The van der Waals surface area contributed by atoms with E-state index in [0.29, 0.717) is 5.56 Å². The molecule has 0 fully saturated rings. The number of aliphatic hydroxyl groups excluding tert-OH is 3. The summed E-state index contributed by atoms with van der Waals surface area (Å²) < 4.78 is 23.6. The number of Topliss-reactive ketones (excluding diaryl/α,β-unsaturated/α-hetero) is 1. The molecule has 0 saturated heterocycles. The third-order valence-electron chi connectivity index (χ3n) is 12.6. The van der Waals surface area contributed by atoms with E-state index in [4.69, 9.17) is 18.9 Å². The van der Waals surface area contributed by atoms with E-state index < -0.39 is 101 Å². The number of aliphatic hydroxyl groups is 3. The summed E-state index contributed by atoms with van der Waals surface area (Å²) in [6, 6.07) is 8.28. The first-order valence-corrected chi connectivity index (χ1v) is 21.2. The van der Waals surface area contributed by atoms with Crippen LogP contribution in [0.5, 0.6) is 23.0 Å². The van der Waals surface area contributed by atoms with Gasteiger partial charge in [-0.05, 0) is 32.4 Å². The van der Waals surface area contributed by atoms with Crippen LogP contribution in [0.25, 0.3) is 10.8 Å². The average molecular weight is 888 g/mol. The number of allylic oxidation sites excluding steroid dienone is 2. The first kappa shape index (κ1) is 49.1. The molecule has 1 amide bonds. The molecule has 16 heteroatoms. The molecule has 0 aromatic heterocycles. The zero-order chi connectivity index (χ0) is 47.5. The number of hydrogen-bond donors (Lipinski definition) is 7. The first-order chi connectivity index (χ1) is 30.1. The highest BCUT2D eigenvalue weighted by atomic mass is 16.7. The lowest BCUT2D eigenvalue weighted by atomic mass is 9.78. The Kier molecular flexibility index (Phi) is 15.2. The molecule has 3 aliphatic rings. The normalized spacial score (nSPS) is 29.6. The van der Waals surface area contributed by atoms with Gasteiger partial charge in [-0.25, -0.2) is 0 Å². The number of phenols is 3. The van der Waals surface area contributed by atoms with E-state index in [0.717, 1.165) is 6.21 Å². The van der Waals surface area contributed by atoms with E-state index in [-0.39, 0.29) is 44.5 Å². The molecule has 3 aromatic rings. The summed E-state index contributed by atoms with van der Waals surface area (Å²) in [5.41, 5.74) is -0.0862. The fourth-order valence-electron chi connectivity index (χ4n) is 8.26. The number of ether oxygens (including phenoxy) is 4. The number of phenolic OH excluding ortho intramolecular Hbond substituents is 3. The van der Waals surface area contributed by atoms with Crippen LogP contribution < -0.4 is 10.1 Å². The van der Waals surface area contributed by atoms with Gasteiger partial charge in [0.2, 0.25) is 0 Å². The van der Waals surface area contributed by atoms with Crippen LogP contribution in [0.2, 0.25) is 0 Å². The van der Waals surface area contributed by atoms with Crippen molar-refractivity contribution in [3.63, 3.8) is 0 Å². The minimum atomic E-state index is -2.09.